The van der Waals surface area contributed by atoms with Gasteiger partial charge in [-0.05, 0) is 24.1 Å². The first-order valence-corrected chi connectivity index (χ1v) is 7.12. The van der Waals surface area contributed by atoms with E-state index in [9.17, 15) is 9.18 Å². The molecule has 0 aromatic heterocycles. The van der Waals surface area contributed by atoms with E-state index in [1.165, 1.54) is 49.6 Å². The Morgan fingerprint density at radius 3 is 2.82 bits per heavy atom. The second-order valence-corrected chi connectivity index (χ2v) is 5.69. The van der Waals surface area contributed by atoms with Crippen LogP contribution < -0.4 is 0 Å². The standard InChI is InChI=1S/C14H17FOS/c15-12-6-3-7-14(9-12)17-10-13(16)8-11-4-1-2-5-11/h3,6-7,9,11H,1-2,4-5,8,10H2. The first-order chi connectivity index (χ1) is 8.24. The lowest BCUT2D eigenvalue weighted by Crippen LogP contribution is -2.07. The van der Waals surface area contributed by atoms with Gasteiger partial charge in [-0.1, -0.05) is 31.7 Å². The zero-order valence-electron chi connectivity index (χ0n) is 9.82. The molecular formula is C14H17FOS. The van der Waals surface area contributed by atoms with Crippen LogP contribution in [0.25, 0.3) is 0 Å². The number of Topliss-reactive ketones (excluding diaryl/α,β-unsaturated/α-hetero) is 1. The highest BCUT2D eigenvalue weighted by atomic mass is 32.2. The van der Waals surface area contributed by atoms with Crippen LogP contribution in [0.5, 0.6) is 0 Å². The van der Waals surface area contributed by atoms with Gasteiger partial charge in [0.05, 0.1) is 5.75 Å². The number of halogens is 1. The maximum atomic E-state index is 12.9. The third-order valence-corrected chi connectivity index (χ3v) is 4.24. The van der Waals surface area contributed by atoms with Gasteiger partial charge in [0.1, 0.15) is 11.6 Å². The number of thioether (sulfide) groups is 1. The van der Waals surface area contributed by atoms with Crippen LogP contribution >= 0.6 is 11.8 Å². The minimum atomic E-state index is -0.238. The van der Waals surface area contributed by atoms with Gasteiger partial charge < -0.3 is 0 Å². The number of carbonyl (C=O) groups is 1. The van der Waals surface area contributed by atoms with Crippen LogP contribution in [0.3, 0.4) is 0 Å². The number of rotatable bonds is 5. The van der Waals surface area contributed by atoms with Crippen molar-refractivity contribution in [1.29, 1.82) is 0 Å². The Balaban J connectivity index is 1.75. The minimum Gasteiger partial charge on any atom is -0.299 e. The Morgan fingerprint density at radius 1 is 1.35 bits per heavy atom. The highest BCUT2D eigenvalue weighted by Gasteiger charge is 2.18. The molecule has 3 heteroatoms. The van der Waals surface area contributed by atoms with Crippen molar-refractivity contribution in [2.45, 2.75) is 37.0 Å². The first kappa shape index (κ1) is 12.6. The molecule has 2 rings (SSSR count). The minimum absolute atomic E-state index is 0.238. The number of carbonyl (C=O) groups excluding carboxylic acids is 1. The van der Waals surface area contributed by atoms with Crippen molar-refractivity contribution in [3.8, 4) is 0 Å². The number of benzene rings is 1. The van der Waals surface area contributed by atoms with Crippen molar-refractivity contribution in [3.05, 3.63) is 30.1 Å². The lowest BCUT2D eigenvalue weighted by atomic mass is 10.0. The largest absolute Gasteiger partial charge is 0.299 e. The molecule has 0 bridgehead atoms. The molecule has 1 aromatic rings. The smallest absolute Gasteiger partial charge is 0.143 e. The SMILES string of the molecule is O=C(CSc1cccc(F)c1)CC1CCCC1. The highest BCUT2D eigenvalue weighted by Crippen LogP contribution is 2.28. The monoisotopic (exact) mass is 252 g/mol. The second kappa shape index (κ2) is 6.20. The van der Waals surface area contributed by atoms with Crippen molar-refractivity contribution < 1.29 is 9.18 Å². The quantitative estimate of drug-likeness (QED) is 0.735. The van der Waals surface area contributed by atoms with Crippen LogP contribution in [0.4, 0.5) is 4.39 Å². The lowest BCUT2D eigenvalue weighted by Gasteiger charge is -2.07. The third-order valence-electron chi connectivity index (χ3n) is 3.19. The van der Waals surface area contributed by atoms with E-state index in [1.54, 1.807) is 6.07 Å². The molecule has 1 aromatic carbocycles. The van der Waals surface area contributed by atoms with Gasteiger partial charge in [0, 0.05) is 11.3 Å². The van der Waals surface area contributed by atoms with Gasteiger partial charge in [0.25, 0.3) is 0 Å². The topological polar surface area (TPSA) is 17.1 Å². The van der Waals surface area contributed by atoms with Crippen LogP contribution in [0.15, 0.2) is 29.2 Å². The first-order valence-electron chi connectivity index (χ1n) is 6.14. The van der Waals surface area contributed by atoms with Crippen LogP contribution in [-0.2, 0) is 4.79 Å². The van der Waals surface area contributed by atoms with E-state index in [-0.39, 0.29) is 5.82 Å². The molecule has 1 saturated carbocycles. The normalized spacial score (nSPS) is 16.3. The Kier molecular flexibility index (Phi) is 4.60. The van der Waals surface area contributed by atoms with Crippen LogP contribution in [0.2, 0.25) is 0 Å². The van der Waals surface area contributed by atoms with E-state index in [1.807, 2.05) is 6.07 Å². The van der Waals surface area contributed by atoms with Crippen molar-refractivity contribution in [3.63, 3.8) is 0 Å². The average molecular weight is 252 g/mol. The van der Waals surface area contributed by atoms with E-state index in [0.29, 0.717) is 23.9 Å². The van der Waals surface area contributed by atoms with E-state index >= 15 is 0 Å². The van der Waals surface area contributed by atoms with Crippen molar-refractivity contribution in [2.24, 2.45) is 5.92 Å². The summed E-state index contributed by atoms with van der Waals surface area (Å²) in [5, 5.41) is 0. The summed E-state index contributed by atoms with van der Waals surface area (Å²) in [6.45, 7) is 0. The van der Waals surface area contributed by atoms with Gasteiger partial charge >= 0.3 is 0 Å². The maximum absolute atomic E-state index is 12.9. The summed E-state index contributed by atoms with van der Waals surface area (Å²) in [5.74, 6) is 1.14. The second-order valence-electron chi connectivity index (χ2n) is 4.64. The zero-order valence-corrected chi connectivity index (χ0v) is 10.6. The summed E-state index contributed by atoms with van der Waals surface area (Å²) in [6.07, 6.45) is 5.67. The lowest BCUT2D eigenvalue weighted by molar-refractivity contribution is -0.117. The summed E-state index contributed by atoms with van der Waals surface area (Å²) in [6, 6.07) is 6.42. The highest BCUT2D eigenvalue weighted by molar-refractivity contribution is 8.00. The molecule has 0 radical (unpaired) electrons. The van der Waals surface area contributed by atoms with Gasteiger partial charge in [-0.3, -0.25) is 4.79 Å². The van der Waals surface area contributed by atoms with Crippen molar-refractivity contribution >= 4 is 17.5 Å². The van der Waals surface area contributed by atoms with Crippen molar-refractivity contribution in [2.75, 3.05) is 5.75 Å². The molecule has 0 amide bonds. The molecule has 0 unspecified atom stereocenters. The summed E-state index contributed by atoms with van der Waals surface area (Å²) in [4.78, 5) is 12.6. The van der Waals surface area contributed by atoms with E-state index in [4.69, 9.17) is 0 Å². The van der Waals surface area contributed by atoms with E-state index in [0.717, 1.165) is 4.90 Å². The van der Waals surface area contributed by atoms with Gasteiger partial charge in [0.2, 0.25) is 0 Å². The molecule has 0 N–H and O–H groups in total. The molecule has 92 valence electrons. The predicted molar refractivity (Wildman–Crippen MR) is 68.7 cm³/mol. The fraction of sp³-hybridized carbons (Fsp3) is 0.500. The summed E-state index contributed by atoms with van der Waals surface area (Å²) >= 11 is 1.44. The van der Waals surface area contributed by atoms with E-state index < -0.39 is 0 Å². The Labute approximate surface area is 106 Å². The number of hydrogen-bond donors (Lipinski definition) is 0. The zero-order chi connectivity index (χ0) is 12.1. The summed E-state index contributed by atoms with van der Waals surface area (Å²) < 4.78 is 12.9. The van der Waals surface area contributed by atoms with Gasteiger partial charge in [0.15, 0.2) is 0 Å². The average Bonchev–Trinajstić information content (AvgIpc) is 2.79. The molecule has 1 aliphatic carbocycles. The van der Waals surface area contributed by atoms with Gasteiger partial charge in [-0.15, -0.1) is 11.8 Å². The Morgan fingerprint density at radius 2 is 2.12 bits per heavy atom. The Bertz CT molecular complexity index is 386. The number of ketones is 1. The maximum Gasteiger partial charge on any atom is 0.143 e. The molecule has 0 heterocycles. The van der Waals surface area contributed by atoms with E-state index in [2.05, 4.69) is 0 Å². The van der Waals surface area contributed by atoms with Crippen LogP contribution in [0, 0.1) is 11.7 Å². The fourth-order valence-electron chi connectivity index (χ4n) is 2.32. The molecule has 0 spiro atoms. The molecule has 1 nitrogen and oxygen atoms in total. The van der Waals surface area contributed by atoms with Crippen molar-refractivity contribution in [1.82, 2.24) is 0 Å². The number of hydrogen-bond acceptors (Lipinski definition) is 2. The summed E-state index contributed by atoms with van der Waals surface area (Å²) in [7, 11) is 0. The predicted octanol–water partition coefficient (Wildman–Crippen LogP) is 4.07. The molecule has 0 atom stereocenters. The van der Waals surface area contributed by atoms with Gasteiger partial charge in [-0.2, -0.15) is 0 Å². The van der Waals surface area contributed by atoms with Gasteiger partial charge in [-0.25, -0.2) is 4.39 Å². The molecule has 1 fully saturated rings. The molecular weight excluding hydrogens is 235 g/mol. The summed E-state index contributed by atoms with van der Waals surface area (Å²) in [5.41, 5.74) is 0. The molecule has 0 aliphatic heterocycles. The third kappa shape index (κ3) is 4.15. The fourth-order valence-corrected chi connectivity index (χ4v) is 3.13. The molecule has 0 saturated heterocycles. The van der Waals surface area contributed by atoms with Crippen LogP contribution in [0.1, 0.15) is 32.1 Å². The van der Waals surface area contributed by atoms with Crippen LogP contribution in [-0.4, -0.2) is 11.5 Å². The molecule has 1 aliphatic rings. The molecule has 17 heavy (non-hydrogen) atoms. The Hall–Kier alpha value is -0.830.